The lowest BCUT2D eigenvalue weighted by Gasteiger charge is -2.13. The molecule has 3 nitrogen and oxygen atoms in total. The smallest absolute Gasteiger partial charge is 0.418 e. The first-order chi connectivity index (χ1) is 7.81. The zero-order chi connectivity index (χ0) is 13.2. The fraction of sp³-hybridized carbons (Fsp3) is 0.200. The molecule has 0 atom stereocenters. The van der Waals surface area contributed by atoms with Crippen molar-refractivity contribution in [3.63, 3.8) is 0 Å². The minimum Gasteiger partial charge on any atom is -0.465 e. The number of nitriles is 1. The minimum absolute atomic E-state index is 0.197. The molecule has 0 spiro atoms. The summed E-state index contributed by atoms with van der Waals surface area (Å²) in [6, 6.07) is 3.37. The average Bonchev–Trinajstić information content (AvgIpc) is 2.24. The van der Waals surface area contributed by atoms with E-state index in [0.717, 1.165) is 19.2 Å². The van der Waals surface area contributed by atoms with Crippen LogP contribution in [0.4, 0.5) is 13.2 Å². The first-order valence-corrected chi connectivity index (χ1v) is 4.99. The quantitative estimate of drug-likeness (QED) is 0.749. The van der Waals surface area contributed by atoms with Crippen molar-refractivity contribution in [3.8, 4) is 6.07 Å². The first kappa shape index (κ1) is 13.5. The van der Waals surface area contributed by atoms with Crippen molar-refractivity contribution < 1.29 is 22.7 Å². The number of halogens is 4. The topological polar surface area (TPSA) is 50.1 Å². The Morgan fingerprint density at radius 3 is 2.47 bits per heavy atom. The van der Waals surface area contributed by atoms with Gasteiger partial charge in [0.2, 0.25) is 0 Å². The highest BCUT2D eigenvalue weighted by Crippen LogP contribution is 2.36. The molecule has 0 bridgehead atoms. The monoisotopic (exact) mass is 307 g/mol. The van der Waals surface area contributed by atoms with E-state index in [1.807, 2.05) is 0 Å². The van der Waals surface area contributed by atoms with Crippen molar-refractivity contribution >= 4 is 21.9 Å². The summed E-state index contributed by atoms with van der Waals surface area (Å²) in [5.74, 6) is -1.14. The predicted molar refractivity (Wildman–Crippen MR) is 55.2 cm³/mol. The molecule has 90 valence electrons. The van der Waals surface area contributed by atoms with E-state index in [1.165, 1.54) is 6.07 Å². The third kappa shape index (κ3) is 2.77. The van der Waals surface area contributed by atoms with E-state index in [9.17, 15) is 18.0 Å². The second-order valence-corrected chi connectivity index (χ2v) is 3.89. The average molecular weight is 308 g/mol. The van der Waals surface area contributed by atoms with E-state index in [2.05, 4.69) is 20.7 Å². The molecule has 17 heavy (non-hydrogen) atoms. The third-order valence-corrected chi connectivity index (χ3v) is 2.37. The zero-order valence-electron chi connectivity index (χ0n) is 8.43. The number of rotatable bonds is 1. The van der Waals surface area contributed by atoms with Crippen LogP contribution in [0.3, 0.4) is 0 Å². The van der Waals surface area contributed by atoms with Gasteiger partial charge in [-0.25, -0.2) is 4.79 Å². The van der Waals surface area contributed by atoms with E-state index in [4.69, 9.17) is 5.26 Å². The van der Waals surface area contributed by atoms with Crippen LogP contribution in [0.5, 0.6) is 0 Å². The highest BCUT2D eigenvalue weighted by molar-refractivity contribution is 9.10. The molecule has 0 saturated heterocycles. The molecule has 1 aromatic rings. The highest BCUT2D eigenvalue weighted by Gasteiger charge is 2.38. The van der Waals surface area contributed by atoms with E-state index >= 15 is 0 Å². The molecule has 0 radical (unpaired) electrons. The Balaban J connectivity index is 3.63. The summed E-state index contributed by atoms with van der Waals surface area (Å²) in [6.07, 6.45) is -4.80. The predicted octanol–water partition coefficient (Wildman–Crippen LogP) is 3.13. The van der Waals surface area contributed by atoms with Crippen molar-refractivity contribution in [1.29, 1.82) is 5.26 Å². The molecular weight excluding hydrogens is 303 g/mol. The number of esters is 1. The standard InChI is InChI=1S/C10H5BrF3NO2/c1-17-9(16)7-3-6(11)2-5(4-15)8(7)10(12,13)14/h2-3H,1H3. The third-order valence-electron chi connectivity index (χ3n) is 1.91. The summed E-state index contributed by atoms with van der Waals surface area (Å²) in [4.78, 5) is 11.2. The molecule has 0 N–H and O–H groups in total. The van der Waals surface area contributed by atoms with Crippen LogP contribution in [-0.4, -0.2) is 13.1 Å². The Labute approximate surface area is 103 Å². The van der Waals surface area contributed by atoms with E-state index in [0.29, 0.717) is 0 Å². The molecule has 7 heteroatoms. The summed E-state index contributed by atoms with van der Waals surface area (Å²) >= 11 is 2.93. The Hall–Kier alpha value is -1.55. The van der Waals surface area contributed by atoms with E-state index in [1.54, 1.807) is 0 Å². The van der Waals surface area contributed by atoms with Gasteiger partial charge in [-0.1, -0.05) is 15.9 Å². The number of methoxy groups -OCH3 is 1. The van der Waals surface area contributed by atoms with Crippen LogP contribution < -0.4 is 0 Å². The molecule has 0 aliphatic carbocycles. The summed E-state index contributed by atoms with van der Waals surface area (Å²) in [7, 11) is 0.968. The molecule has 0 aromatic heterocycles. The molecule has 1 aromatic carbocycles. The van der Waals surface area contributed by atoms with Gasteiger partial charge in [0.1, 0.15) is 0 Å². The van der Waals surface area contributed by atoms with Crippen LogP contribution in [0.15, 0.2) is 16.6 Å². The number of hydrogen-bond donors (Lipinski definition) is 0. The van der Waals surface area contributed by atoms with Crippen LogP contribution in [0.1, 0.15) is 21.5 Å². The van der Waals surface area contributed by atoms with Crippen LogP contribution >= 0.6 is 15.9 Å². The van der Waals surface area contributed by atoms with Gasteiger partial charge in [0, 0.05) is 4.47 Å². The van der Waals surface area contributed by atoms with Crippen molar-refractivity contribution in [2.24, 2.45) is 0 Å². The van der Waals surface area contributed by atoms with Gasteiger partial charge in [-0.2, -0.15) is 18.4 Å². The van der Waals surface area contributed by atoms with Gasteiger partial charge in [-0.3, -0.25) is 0 Å². The SMILES string of the molecule is COC(=O)c1cc(Br)cc(C#N)c1C(F)(F)F. The Morgan fingerprint density at radius 1 is 1.47 bits per heavy atom. The Bertz CT molecular complexity index is 505. The van der Waals surface area contributed by atoms with Gasteiger partial charge in [0.05, 0.1) is 29.9 Å². The summed E-state index contributed by atoms with van der Waals surface area (Å²) in [5, 5.41) is 8.66. The minimum atomic E-state index is -4.80. The molecule has 0 unspecified atom stereocenters. The van der Waals surface area contributed by atoms with Crippen molar-refractivity contribution in [2.75, 3.05) is 7.11 Å². The normalized spacial score (nSPS) is 10.8. The summed E-state index contributed by atoms with van der Waals surface area (Å²) < 4.78 is 42.7. The lowest BCUT2D eigenvalue weighted by atomic mass is 10.0. The van der Waals surface area contributed by atoms with Gasteiger partial charge >= 0.3 is 12.1 Å². The molecule has 0 heterocycles. The first-order valence-electron chi connectivity index (χ1n) is 4.20. The summed E-state index contributed by atoms with van der Waals surface area (Å²) in [5.41, 5.74) is -2.60. The molecule has 0 aliphatic rings. The van der Waals surface area contributed by atoms with Crippen molar-refractivity contribution in [1.82, 2.24) is 0 Å². The molecule has 0 fully saturated rings. The van der Waals surface area contributed by atoms with Crippen LogP contribution in [0.25, 0.3) is 0 Å². The van der Waals surface area contributed by atoms with Gasteiger partial charge in [-0.05, 0) is 12.1 Å². The van der Waals surface area contributed by atoms with Gasteiger partial charge in [-0.15, -0.1) is 0 Å². The van der Waals surface area contributed by atoms with Crippen LogP contribution in [0, 0.1) is 11.3 Å². The second-order valence-electron chi connectivity index (χ2n) is 2.98. The summed E-state index contributed by atoms with van der Waals surface area (Å²) in [6.45, 7) is 0. The fourth-order valence-electron chi connectivity index (χ4n) is 1.27. The maximum Gasteiger partial charge on any atom is 0.418 e. The van der Waals surface area contributed by atoms with E-state index < -0.39 is 28.8 Å². The second kappa shape index (κ2) is 4.75. The fourth-order valence-corrected chi connectivity index (χ4v) is 1.73. The molecule has 1 rings (SSSR count). The number of carbonyl (C=O) groups is 1. The Morgan fingerprint density at radius 2 is 2.06 bits per heavy atom. The molecule has 0 amide bonds. The molecular formula is C10H5BrF3NO2. The lowest BCUT2D eigenvalue weighted by Crippen LogP contribution is -2.16. The van der Waals surface area contributed by atoms with Crippen molar-refractivity contribution in [2.45, 2.75) is 6.18 Å². The number of ether oxygens (including phenoxy) is 1. The van der Waals surface area contributed by atoms with Crippen molar-refractivity contribution in [3.05, 3.63) is 33.3 Å². The number of benzene rings is 1. The maximum absolute atomic E-state index is 12.8. The van der Waals surface area contributed by atoms with Gasteiger partial charge in [0.15, 0.2) is 0 Å². The largest absolute Gasteiger partial charge is 0.465 e. The Kier molecular flexibility index (Phi) is 3.78. The van der Waals surface area contributed by atoms with E-state index in [-0.39, 0.29) is 4.47 Å². The van der Waals surface area contributed by atoms with Gasteiger partial charge in [0.25, 0.3) is 0 Å². The maximum atomic E-state index is 12.8. The molecule has 0 aliphatic heterocycles. The number of hydrogen-bond acceptors (Lipinski definition) is 3. The number of nitrogens with zero attached hydrogens (tertiary/aromatic N) is 1. The lowest BCUT2D eigenvalue weighted by molar-refractivity contribution is -0.138. The molecule has 0 saturated carbocycles. The van der Waals surface area contributed by atoms with Gasteiger partial charge < -0.3 is 4.74 Å². The number of carbonyl (C=O) groups excluding carboxylic acids is 1. The number of alkyl halides is 3. The van der Waals surface area contributed by atoms with Crippen LogP contribution in [0.2, 0.25) is 0 Å². The highest BCUT2D eigenvalue weighted by atomic mass is 79.9. The zero-order valence-corrected chi connectivity index (χ0v) is 10.0. The van der Waals surface area contributed by atoms with Crippen LogP contribution in [-0.2, 0) is 10.9 Å².